The Morgan fingerprint density at radius 2 is 2.25 bits per heavy atom. The van der Waals surface area contributed by atoms with Crippen LogP contribution in [0.3, 0.4) is 0 Å². The number of carboxylic acids is 1. The summed E-state index contributed by atoms with van der Waals surface area (Å²) in [7, 11) is 0. The van der Waals surface area contributed by atoms with Gasteiger partial charge in [-0.25, -0.2) is 4.98 Å². The van der Waals surface area contributed by atoms with Crippen molar-refractivity contribution in [2.75, 3.05) is 6.61 Å². The summed E-state index contributed by atoms with van der Waals surface area (Å²) in [6.07, 6.45) is 1.41. The molecule has 0 aliphatic carbocycles. The quantitative estimate of drug-likeness (QED) is 0.822. The monoisotopic (exact) mass is 224 g/mol. The molecular formula is C11H16N2O3. The second-order valence-corrected chi connectivity index (χ2v) is 3.72. The first-order valence-corrected chi connectivity index (χ1v) is 5.25. The van der Waals surface area contributed by atoms with Crippen molar-refractivity contribution < 1.29 is 14.6 Å². The molecule has 0 atom stereocenters. The van der Waals surface area contributed by atoms with Gasteiger partial charge in [-0.1, -0.05) is 13.8 Å². The fraction of sp³-hybridized carbons (Fsp3) is 0.545. The molecule has 0 unspecified atom stereocenters. The minimum absolute atomic E-state index is 0.117. The summed E-state index contributed by atoms with van der Waals surface area (Å²) in [5.74, 6) is 0.320. The van der Waals surface area contributed by atoms with E-state index in [-0.39, 0.29) is 12.3 Å². The number of aliphatic carboxylic acids is 1. The number of aromatic nitrogens is 2. The van der Waals surface area contributed by atoms with E-state index in [1.165, 1.54) is 6.20 Å². The molecular weight excluding hydrogens is 208 g/mol. The lowest BCUT2D eigenvalue weighted by Gasteiger charge is -2.10. The molecule has 1 rings (SSSR count). The number of nitrogens with zero attached hydrogens (tertiary/aromatic N) is 2. The molecule has 0 bridgehead atoms. The van der Waals surface area contributed by atoms with Crippen LogP contribution in [0.25, 0.3) is 0 Å². The first-order valence-electron chi connectivity index (χ1n) is 5.25. The van der Waals surface area contributed by atoms with Crippen LogP contribution in [-0.2, 0) is 11.2 Å². The van der Waals surface area contributed by atoms with E-state index in [1.54, 1.807) is 0 Å². The van der Waals surface area contributed by atoms with Crippen molar-refractivity contribution in [3.8, 4) is 5.88 Å². The molecule has 0 aromatic carbocycles. The highest BCUT2D eigenvalue weighted by molar-refractivity contribution is 5.70. The van der Waals surface area contributed by atoms with Crippen LogP contribution < -0.4 is 4.74 Å². The van der Waals surface area contributed by atoms with Crippen LogP contribution in [-0.4, -0.2) is 27.7 Å². The summed E-state index contributed by atoms with van der Waals surface area (Å²) < 4.78 is 5.31. The number of hydrogen-bond acceptors (Lipinski definition) is 4. The average molecular weight is 224 g/mol. The van der Waals surface area contributed by atoms with Gasteiger partial charge in [-0.15, -0.1) is 0 Å². The molecule has 0 aliphatic rings. The zero-order valence-electron chi connectivity index (χ0n) is 9.73. The zero-order valence-corrected chi connectivity index (χ0v) is 9.73. The van der Waals surface area contributed by atoms with Gasteiger partial charge in [-0.05, 0) is 6.92 Å². The Hall–Kier alpha value is -1.65. The van der Waals surface area contributed by atoms with Gasteiger partial charge in [0.25, 0.3) is 0 Å². The number of ether oxygens (including phenoxy) is 1. The van der Waals surface area contributed by atoms with E-state index in [0.717, 1.165) is 0 Å². The van der Waals surface area contributed by atoms with Gasteiger partial charge in [0.05, 0.1) is 13.0 Å². The number of hydrogen-bond donors (Lipinski definition) is 1. The minimum atomic E-state index is -0.915. The van der Waals surface area contributed by atoms with E-state index in [2.05, 4.69) is 9.97 Å². The second kappa shape index (κ2) is 5.44. The Labute approximate surface area is 94.5 Å². The van der Waals surface area contributed by atoms with Gasteiger partial charge in [-0.3, -0.25) is 4.79 Å². The van der Waals surface area contributed by atoms with Crippen LogP contribution in [0.2, 0.25) is 0 Å². The van der Waals surface area contributed by atoms with Crippen LogP contribution in [0.4, 0.5) is 0 Å². The smallest absolute Gasteiger partial charge is 0.308 e. The highest BCUT2D eigenvalue weighted by Crippen LogP contribution is 2.18. The topological polar surface area (TPSA) is 72.3 Å². The lowest BCUT2D eigenvalue weighted by atomic mass is 10.2. The Morgan fingerprint density at radius 3 is 2.75 bits per heavy atom. The highest BCUT2D eigenvalue weighted by Gasteiger charge is 2.13. The van der Waals surface area contributed by atoms with E-state index in [1.807, 2.05) is 20.8 Å². The van der Waals surface area contributed by atoms with E-state index in [9.17, 15) is 4.79 Å². The first kappa shape index (κ1) is 12.4. The normalized spacial score (nSPS) is 10.5. The van der Waals surface area contributed by atoms with Crippen molar-refractivity contribution in [1.82, 2.24) is 9.97 Å². The summed E-state index contributed by atoms with van der Waals surface area (Å²) in [5.41, 5.74) is 0.513. The third-order valence-corrected chi connectivity index (χ3v) is 1.98. The first-order chi connectivity index (χ1) is 7.54. The van der Waals surface area contributed by atoms with Gasteiger partial charge in [0, 0.05) is 17.7 Å². The predicted octanol–water partition coefficient (Wildman–Crippen LogP) is 1.63. The Morgan fingerprint density at radius 1 is 1.56 bits per heavy atom. The van der Waals surface area contributed by atoms with Gasteiger partial charge >= 0.3 is 5.97 Å². The summed E-state index contributed by atoms with van der Waals surface area (Å²) in [4.78, 5) is 19.0. The van der Waals surface area contributed by atoms with Crippen molar-refractivity contribution in [3.05, 3.63) is 17.6 Å². The number of carboxylic acid groups (broad SMARTS) is 1. The standard InChI is InChI=1S/C11H16N2O3/c1-4-16-11-8(5-9(14)15)6-12-10(13-11)7(2)3/h6-7H,4-5H2,1-3H3,(H,14,15). The van der Waals surface area contributed by atoms with Crippen LogP contribution >= 0.6 is 0 Å². The van der Waals surface area contributed by atoms with Gasteiger partial charge < -0.3 is 9.84 Å². The van der Waals surface area contributed by atoms with E-state index >= 15 is 0 Å². The molecule has 1 aromatic heterocycles. The molecule has 88 valence electrons. The average Bonchev–Trinajstić information content (AvgIpc) is 2.20. The molecule has 16 heavy (non-hydrogen) atoms. The Kier molecular flexibility index (Phi) is 4.22. The second-order valence-electron chi connectivity index (χ2n) is 3.72. The van der Waals surface area contributed by atoms with E-state index < -0.39 is 5.97 Å². The lowest BCUT2D eigenvalue weighted by molar-refractivity contribution is -0.136. The molecule has 5 nitrogen and oxygen atoms in total. The zero-order chi connectivity index (χ0) is 12.1. The molecule has 0 fully saturated rings. The van der Waals surface area contributed by atoms with Crippen molar-refractivity contribution in [2.45, 2.75) is 33.1 Å². The molecule has 1 aromatic rings. The highest BCUT2D eigenvalue weighted by atomic mass is 16.5. The Balaban J connectivity index is 3.03. The minimum Gasteiger partial charge on any atom is -0.481 e. The maximum absolute atomic E-state index is 10.6. The maximum Gasteiger partial charge on any atom is 0.308 e. The maximum atomic E-state index is 10.6. The summed E-state index contributed by atoms with van der Waals surface area (Å²) in [6, 6.07) is 0. The molecule has 5 heteroatoms. The summed E-state index contributed by atoms with van der Waals surface area (Å²) in [6.45, 7) is 6.24. The largest absolute Gasteiger partial charge is 0.481 e. The molecule has 1 heterocycles. The molecule has 0 amide bonds. The fourth-order valence-corrected chi connectivity index (χ4v) is 1.23. The molecule has 0 spiro atoms. The molecule has 0 radical (unpaired) electrons. The van der Waals surface area contributed by atoms with Crippen LogP contribution in [0.5, 0.6) is 5.88 Å². The van der Waals surface area contributed by atoms with Crippen LogP contribution in [0.1, 0.15) is 38.1 Å². The van der Waals surface area contributed by atoms with E-state index in [0.29, 0.717) is 23.9 Å². The fourth-order valence-electron chi connectivity index (χ4n) is 1.23. The van der Waals surface area contributed by atoms with Crippen molar-refractivity contribution in [1.29, 1.82) is 0 Å². The van der Waals surface area contributed by atoms with Gasteiger partial charge in [0.1, 0.15) is 5.82 Å². The molecule has 0 aliphatic heterocycles. The van der Waals surface area contributed by atoms with Crippen LogP contribution in [0, 0.1) is 0 Å². The Bertz CT molecular complexity index is 377. The summed E-state index contributed by atoms with van der Waals surface area (Å²) in [5, 5.41) is 8.73. The number of rotatable bonds is 5. The van der Waals surface area contributed by atoms with Gasteiger partial charge in [0.2, 0.25) is 5.88 Å². The van der Waals surface area contributed by atoms with E-state index in [4.69, 9.17) is 9.84 Å². The van der Waals surface area contributed by atoms with Gasteiger partial charge in [-0.2, -0.15) is 4.98 Å². The van der Waals surface area contributed by atoms with Crippen molar-refractivity contribution in [2.24, 2.45) is 0 Å². The third-order valence-electron chi connectivity index (χ3n) is 1.98. The summed E-state index contributed by atoms with van der Waals surface area (Å²) >= 11 is 0. The molecule has 0 saturated carbocycles. The number of carbonyl (C=O) groups is 1. The van der Waals surface area contributed by atoms with Crippen molar-refractivity contribution in [3.63, 3.8) is 0 Å². The van der Waals surface area contributed by atoms with Crippen molar-refractivity contribution >= 4 is 5.97 Å². The predicted molar refractivity (Wildman–Crippen MR) is 58.6 cm³/mol. The lowest BCUT2D eigenvalue weighted by Crippen LogP contribution is -2.08. The molecule has 0 saturated heterocycles. The SMILES string of the molecule is CCOc1nc(C(C)C)ncc1CC(=O)O. The van der Waals surface area contributed by atoms with Crippen LogP contribution in [0.15, 0.2) is 6.20 Å². The van der Waals surface area contributed by atoms with Gasteiger partial charge in [0.15, 0.2) is 0 Å². The molecule has 1 N–H and O–H groups in total. The third kappa shape index (κ3) is 3.18.